The maximum atomic E-state index is 13.1. The Morgan fingerprint density at radius 2 is 1.89 bits per heavy atom. The van der Waals surface area contributed by atoms with Crippen LogP contribution >= 0.6 is 15.9 Å². The van der Waals surface area contributed by atoms with Gasteiger partial charge in [-0.2, -0.15) is 0 Å². The smallest absolute Gasteiger partial charge is 0.244 e. The van der Waals surface area contributed by atoms with Gasteiger partial charge in [-0.15, -0.1) is 0 Å². The largest absolute Gasteiger partial charge is 0.370 e. The molecule has 3 nitrogen and oxygen atoms in total. The van der Waals surface area contributed by atoms with Crippen molar-refractivity contribution in [1.29, 1.82) is 0 Å². The number of hydrogen-bond donors (Lipinski definition) is 2. The topological polar surface area (TPSA) is 55.1 Å². The van der Waals surface area contributed by atoms with Crippen LogP contribution in [-0.4, -0.2) is 5.91 Å². The first-order valence-corrected chi connectivity index (χ1v) is 6.42. The summed E-state index contributed by atoms with van der Waals surface area (Å²) in [5.74, 6) is -0.893. The second-order valence-corrected chi connectivity index (χ2v) is 4.96. The Hall–Kier alpha value is -1.88. The van der Waals surface area contributed by atoms with E-state index in [1.807, 2.05) is 12.1 Å². The third-order valence-electron chi connectivity index (χ3n) is 2.62. The van der Waals surface area contributed by atoms with Gasteiger partial charge >= 0.3 is 0 Å². The molecule has 1 atom stereocenters. The second-order valence-electron chi connectivity index (χ2n) is 4.04. The molecule has 5 heteroatoms. The van der Waals surface area contributed by atoms with E-state index in [0.29, 0.717) is 5.69 Å². The Morgan fingerprint density at radius 3 is 2.47 bits per heavy atom. The molecular weight excluding hydrogens is 311 g/mol. The van der Waals surface area contributed by atoms with E-state index in [2.05, 4.69) is 21.2 Å². The third-order valence-corrected chi connectivity index (χ3v) is 3.15. The van der Waals surface area contributed by atoms with Crippen LogP contribution in [0.3, 0.4) is 0 Å². The van der Waals surface area contributed by atoms with Crippen LogP contribution in [0.1, 0.15) is 11.6 Å². The molecule has 0 radical (unpaired) electrons. The molecule has 0 heterocycles. The highest BCUT2D eigenvalue weighted by Gasteiger charge is 2.17. The number of nitrogens with one attached hydrogen (secondary N) is 1. The number of benzene rings is 2. The molecule has 1 amide bonds. The van der Waals surface area contributed by atoms with Gasteiger partial charge < -0.3 is 11.1 Å². The Balaban J connectivity index is 2.26. The molecule has 2 aromatic rings. The zero-order valence-electron chi connectivity index (χ0n) is 9.94. The van der Waals surface area contributed by atoms with Gasteiger partial charge in [0.2, 0.25) is 5.91 Å². The van der Waals surface area contributed by atoms with Crippen LogP contribution < -0.4 is 11.1 Å². The van der Waals surface area contributed by atoms with Crippen LogP contribution in [0.5, 0.6) is 0 Å². The SMILES string of the molecule is NC(=O)C(Nc1cccc(F)c1)c1ccc(Br)cc1. The maximum Gasteiger partial charge on any atom is 0.244 e. The zero-order valence-corrected chi connectivity index (χ0v) is 11.5. The molecule has 98 valence electrons. The van der Waals surface area contributed by atoms with Crippen LogP contribution in [0, 0.1) is 5.82 Å². The Labute approximate surface area is 118 Å². The van der Waals surface area contributed by atoms with Crippen molar-refractivity contribution in [3.8, 4) is 0 Å². The first-order valence-electron chi connectivity index (χ1n) is 5.63. The molecule has 0 aliphatic rings. The number of carbonyl (C=O) groups is 1. The molecular formula is C14H12BrFN2O. The molecule has 2 rings (SSSR count). The van der Waals surface area contributed by atoms with Gasteiger partial charge in [0, 0.05) is 10.2 Å². The predicted molar refractivity (Wildman–Crippen MR) is 76.1 cm³/mol. The summed E-state index contributed by atoms with van der Waals surface area (Å²) in [6.07, 6.45) is 0. The standard InChI is InChI=1S/C14H12BrFN2O/c15-10-6-4-9(5-7-10)13(14(17)19)18-12-3-1-2-11(16)8-12/h1-8,13,18H,(H2,17,19). The van der Waals surface area contributed by atoms with E-state index in [4.69, 9.17) is 5.73 Å². The molecule has 1 unspecified atom stereocenters. The minimum absolute atomic E-state index is 0.371. The molecule has 0 aliphatic carbocycles. The lowest BCUT2D eigenvalue weighted by atomic mass is 10.1. The first-order chi connectivity index (χ1) is 9.06. The quantitative estimate of drug-likeness (QED) is 0.908. The number of primary amides is 1. The molecule has 0 saturated carbocycles. The van der Waals surface area contributed by atoms with Crippen LogP contribution in [0.2, 0.25) is 0 Å². The van der Waals surface area contributed by atoms with E-state index in [-0.39, 0.29) is 5.82 Å². The van der Waals surface area contributed by atoms with Gasteiger partial charge in [0.1, 0.15) is 11.9 Å². The summed E-state index contributed by atoms with van der Waals surface area (Å²) >= 11 is 3.32. The van der Waals surface area contributed by atoms with Crippen molar-refractivity contribution in [3.05, 3.63) is 64.4 Å². The minimum Gasteiger partial charge on any atom is -0.370 e. The van der Waals surface area contributed by atoms with Gasteiger partial charge in [0.25, 0.3) is 0 Å². The Morgan fingerprint density at radius 1 is 1.21 bits per heavy atom. The molecule has 0 bridgehead atoms. The lowest BCUT2D eigenvalue weighted by molar-refractivity contribution is -0.118. The van der Waals surface area contributed by atoms with E-state index in [1.54, 1.807) is 24.3 Å². The molecule has 3 N–H and O–H groups in total. The van der Waals surface area contributed by atoms with Gasteiger partial charge in [0.15, 0.2) is 0 Å². The summed E-state index contributed by atoms with van der Waals surface area (Å²) in [4.78, 5) is 11.5. The summed E-state index contributed by atoms with van der Waals surface area (Å²) < 4.78 is 14.0. The van der Waals surface area contributed by atoms with Crippen molar-refractivity contribution < 1.29 is 9.18 Å². The second kappa shape index (κ2) is 5.84. The average molecular weight is 323 g/mol. The van der Waals surface area contributed by atoms with Gasteiger partial charge in [-0.1, -0.05) is 34.1 Å². The molecule has 0 aliphatic heterocycles. The first kappa shape index (κ1) is 13.5. The number of nitrogens with two attached hydrogens (primary N) is 1. The van der Waals surface area contributed by atoms with Crippen molar-refractivity contribution in [2.75, 3.05) is 5.32 Å². The van der Waals surface area contributed by atoms with Gasteiger partial charge in [0.05, 0.1) is 0 Å². The minimum atomic E-state index is -0.699. The number of anilines is 1. The number of carbonyl (C=O) groups excluding carboxylic acids is 1. The monoisotopic (exact) mass is 322 g/mol. The van der Waals surface area contributed by atoms with Crippen molar-refractivity contribution in [2.45, 2.75) is 6.04 Å². The maximum absolute atomic E-state index is 13.1. The molecule has 0 saturated heterocycles. The number of amides is 1. The highest BCUT2D eigenvalue weighted by Crippen LogP contribution is 2.21. The van der Waals surface area contributed by atoms with Crippen LogP contribution in [-0.2, 0) is 4.79 Å². The predicted octanol–water partition coefficient (Wildman–Crippen LogP) is 3.23. The van der Waals surface area contributed by atoms with E-state index in [0.717, 1.165) is 10.0 Å². The van der Waals surface area contributed by atoms with E-state index in [9.17, 15) is 9.18 Å². The summed E-state index contributed by atoms with van der Waals surface area (Å²) in [6.45, 7) is 0. The highest BCUT2D eigenvalue weighted by molar-refractivity contribution is 9.10. The van der Waals surface area contributed by atoms with Crippen molar-refractivity contribution in [3.63, 3.8) is 0 Å². The lowest BCUT2D eigenvalue weighted by Gasteiger charge is -2.17. The van der Waals surface area contributed by atoms with E-state index in [1.165, 1.54) is 12.1 Å². The fourth-order valence-corrected chi connectivity index (χ4v) is 1.98. The Kier molecular flexibility index (Phi) is 4.16. The fourth-order valence-electron chi connectivity index (χ4n) is 1.72. The van der Waals surface area contributed by atoms with Crippen LogP contribution in [0.25, 0.3) is 0 Å². The molecule has 0 spiro atoms. The number of rotatable bonds is 4. The summed E-state index contributed by atoms with van der Waals surface area (Å²) in [5.41, 5.74) is 6.61. The van der Waals surface area contributed by atoms with Gasteiger partial charge in [-0.3, -0.25) is 4.79 Å². The lowest BCUT2D eigenvalue weighted by Crippen LogP contribution is -2.27. The highest BCUT2D eigenvalue weighted by atomic mass is 79.9. The molecule has 0 aromatic heterocycles. The zero-order chi connectivity index (χ0) is 13.8. The molecule has 2 aromatic carbocycles. The van der Waals surface area contributed by atoms with Crippen molar-refractivity contribution >= 4 is 27.5 Å². The summed E-state index contributed by atoms with van der Waals surface area (Å²) in [7, 11) is 0. The van der Waals surface area contributed by atoms with Crippen LogP contribution in [0.4, 0.5) is 10.1 Å². The average Bonchev–Trinajstić information content (AvgIpc) is 2.37. The normalized spacial score (nSPS) is 11.9. The third kappa shape index (κ3) is 3.54. The summed E-state index contributed by atoms with van der Waals surface area (Å²) in [5, 5.41) is 2.93. The van der Waals surface area contributed by atoms with E-state index < -0.39 is 11.9 Å². The molecule has 0 fully saturated rings. The Bertz CT molecular complexity index is 586. The van der Waals surface area contributed by atoms with Gasteiger partial charge in [-0.25, -0.2) is 4.39 Å². The van der Waals surface area contributed by atoms with Crippen molar-refractivity contribution in [2.24, 2.45) is 5.73 Å². The fraction of sp³-hybridized carbons (Fsp3) is 0.0714. The van der Waals surface area contributed by atoms with Crippen LogP contribution in [0.15, 0.2) is 53.0 Å². The number of halogens is 2. The summed E-state index contributed by atoms with van der Waals surface area (Å²) in [6, 6.07) is 12.4. The number of hydrogen-bond acceptors (Lipinski definition) is 2. The van der Waals surface area contributed by atoms with Gasteiger partial charge in [-0.05, 0) is 35.9 Å². The van der Waals surface area contributed by atoms with E-state index >= 15 is 0 Å². The molecule has 19 heavy (non-hydrogen) atoms. The van der Waals surface area contributed by atoms with Crippen molar-refractivity contribution in [1.82, 2.24) is 0 Å².